The molecule has 0 heterocycles. The van der Waals surface area contributed by atoms with E-state index in [1.54, 1.807) is 0 Å². The topological polar surface area (TPSA) is 41.1 Å². The summed E-state index contributed by atoms with van der Waals surface area (Å²) in [5.41, 5.74) is 5.65. The van der Waals surface area contributed by atoms with Crippen LogP contribution in [0.4, 0.5) is 11.4 Å². The lowest BCUT2D eigenvalue weighted by molar-refractivity contribution is -0.115. The van der Waals surface area contributed by atoms with Crippen molar-refractivity contribution in [3.05, 3.63) is 59.2 Å². The Labute approximate surface area is 132 Å². The number of nitrogens with one attached hydrogen (secondary N) is 2. The van der Waals surface area contributed by atoms with Crippen LogP contribution in [0, 0.1) is 13.8 Å². The van der Waals surface area contributed by atoms with Gasteiger partial charge in [0.05, 0.1) is 0 Å². The summed E-state index contributed by atoms with van der Waals surface area (Å²) in [4.78, 5) is 11.9. The molecule has 0 bridgehead atoms. The Kier molecular flexibility index (Phi) is 5.59. The number of carbonyl (C=O) groups excluding carboxylic acids is 1. The summed E-state index contributed by atoms with van der Waals surface area (Å²) in [7, 11) is 0. The molecule has 2 rings (SSSR count). The zero-order chi connectivity index (χ0) is 15.9. The quantitative estimate of drug-likeness (QED) is 0.834. The second-order valence-corrected chi connectivity index (χ2v) is 5.65. The third kappa shape index (κ3) is 4.92. The van der Waals surface area contributed by atoms with Crippen molar-refractivity contribution in [1.29, 1.82) is 0 Å². The van der Waals surface area contributed by atoms with Crippen molar-refractivity contribution in [2.24, 2.45) is 0 Å². The lowest BCUT2D eigenvalue weighted by Crippen LogP contribution is -2.16. The first kappa shape index (κ1) is 16.1. The molecular weight excluding hydrogens is 272 g/mol. The van der Waals surface area contributed by atoms with Crippen molar-refractivity contribution in [1.82, 2.24) is 0 Å². The summed E-state index contributed by atoms with van der Waals surface area (Å²) >= 11 is 0. The summed E-state index contributed by atoms with van der Waals surface area (Å²) in [6.45, 7) is 6.89. The average Bonchev–Trinajstić information content (AvgIpc) is 2.47. The molecule has 22 heavy (non-hydrogen) atoms. The van der Waals surface area contributed by atoms with Crippen LogP contribution in [-0.2, 0) is 11.2 Å². The average molecular weight is 296 g/mol. The second-order valence-electron chi connectivity index (χ2n) is 5.65. The third-order valence-electron chi connectivity index (χ3n) is 3.55. The highest BCUT2D eigenvalue weighted by atomic mass is 16.1. The predicted molar refractivity (Wildman–Crippen MR) is 93.5 cm³/mol. The zero-order valence-corrected chi connectivity index (χ0v) is 13.6. The van der Waals surface area contributed by atoms with E-state index >= 15 is 0 Å². The van der Waals surface area contributed by atoms with Crippen LogP contribution in [0.5, 0.6) is 0 Å². The van der Waals surface area contributed by atoms with Crippen LogP contribution in [-0.4, -0.2) is 12.5 Å². The van der Waals surface area contributed by atoms with Crippen molar-refractivity contribution >= 4 is 17.3 Å². The minimum absolute atomic E-state index is 0.0288. The molecular formula is C19H24N2O. The number of hydrogen-bond donors (Lipinski definition) is 2. The molecule has 2 aromatic rings. The molecule has 0 atom stereocenters. The number of anilines is 2. The van der Waals surface area contributed by atoms with Crippen LogP contribution in [0.15, 0.2) is 42.5 Å². The summed E-state index contributed by atoms with van der Waals surface area (Å²) in [5.74, 6) is 0.0288. The number of hydrogen-bond acceptors (Lipinski definition) is 2. The Morgan fingerprint density at radius 1 is 0.955 bits per heavy atom. The van der Waals surface area contributed by atoms with Gasteiger partial charge < -0.3 is 10.6 Å². The minimum atomic E-state index is 0.0288. The van der Waals surface area contributed by atoms with Gasteiger partial charge in [-0.25, -0.2) is 0 Å². The van der Waals surface area contributed by atoms with Gasteiger partial charge in [0.2, 0.25) is 5.91 Å². The molecule has 116 valence electrons. The van der Waals surface area contributed by atoms with Gasteiger partial charge in [0.1, 0.15) is 0 Å². The maximum atomic E-state index is 11.9. The molecule has 3 heteroatoms. The van der Waals surface area contributed by atoms with Crippen molar-refractivity contribution in [2.45, 2.75) is 33.6 Å². The van der Waals surface area contributed by atoms with Gasteiger partial charge >= 0.3 is 0 Å². The van der Waals surface area contributed by atoms with Crippen LogP contribution < -0.4 is 10.6 Å². The molecule has 2 N–H and O–H groups in total. The number of carbonyl (C=O) groups is 1. The Balaban J connectivity index is 1.79. The van der Waals surface area contributed by atoms with E-state index in [1.807, 2.05) is 24.3 Å². The molecule has 3 nitrogen and oxygen atoms in total. The van der Waals surface area contributed by atoms with E-state index in [1.165, 1.54) is 16.7 Å². The van der Waals surface area contributed by atoms with Crippen LogP contribution in [0.25, 0.3) is 0 Å². The molecule has 0 saturated heterocycles. The fourth-order valence-corrected chi connectivity index (χ4v) is 2.44. The normalized spacial score (nSPS) is 10.3. The highest BCUT2D eigenvalue weighted by molar-refractivity contribution is 5.91. The highest BCUT2D eigenvalue weighted by Crippen LogP contribution is 2.14. The summed E-state index contributed by atoms with van der Waals surface area (Å²) in [6, 6.07) is 14.3. The largest absolute Gasteiger partial charge is 0.385 e. The molecule has 0 saturated carbocycles. The SMILES string of the molecule is CCc1ccc(NC(=O)CCNc2cc(C)cc(C)c2)cc1. The van der Waals surface area contributed by atoms with Crippen molar-refractivity contribution in [3.63, 3.8) is 0 Å². The number of rotatable bonds is 6. The van der Waals surface area contributed by atoms with Gasteiger partial charge in [0.25, 0.3) is 0 Å². The summed E-state index contributed by atoms with van der Waals surface area (Å²) in [5, 5.41) is 6.22. The first-order chi connectivity index (χ1) is 10.6. The van der Waals surface area contributed by atoms with Crippen LogP contribution in [0.3, 0.4) is 0 Å². The Morgan fingerprint density at radius 2 is 1.59 bits per heavy atom. The van der Waals surface area contributed by atoms with Gasteiger partial charge in [0, 0.05) is 24.3 Å². The molecule has 0 aliphatic carbocycles. The standard InChI is InChI=1S/C19H24N2O/c1-4-16-5-7-17(8-6-16)21-19(22)9-10-20-18-12-14(2)11-15(3)13-18/h5-8,11-13,20H,4,9-10H2,1-3H3,(H,21,22). The molecule has 0 fully saturated rings. The molecule has 0 aliphatic rings. The highest BCUT2D eigenvalue weighted by Gasteiger charge is 2.03. The van der Waals surface area contributed by atoms with Gasteiger partial charge in [0.15, 0.2) is 0 Å². The van der Waals surface area contributed by atoms with E-state index in [0.29, 0.717) is 13.0 Å². The van der Waals surface area contributed by atoms with E-state index in [9.17, 15) is 4.79 Å². The van der Waals surface area contributed by atoms with E-state index in [-0.39, 0.29) is 5.91 Å². The van der Waals surface area contributed by atoms with Crippen LogP contribution >= 0.6 is 0 Å². The molecule has 2 aromatic carbocycles. The summed E-state index contributed by atoms with van der Waals surface area (Å²) < 4.78 is 0. The van der Waals surface area contributed by atoms with Gasteiger partial charge in [-0.05, 0) is 61.2 Å². The maximum absolute atomic E-state index is 11.9. The number of aryl methyl sites for hydroxylation is 3. The van der Waals surface area contributed by atoms with E-state index < -0.39 is 0 Å². The molecule has 0 aliphatic heterocycles. The first-order valence-electron chi connectivity index (χ1n) is 7.78. The minimum Gasteiger partial charge on any atom is -0.385 e. The fourth-order valence-electron chi connectivity index (χ4n) is 2.44. The Morgan fingerprint density at radius 3 is 2.18 bits per heavy atom. The van der Waals surface area contributed by atoms with Crippen LogP contribution in [0.2, 0.25) is 0 Å². The Bertz CT molecular complexity index is 612. The number of benzene rings is 2. The Hall–Kier alpha value is -2.29. The summed E-state index contributed by atoms with van der Waals surface area (Å²) in [6.07, 6.45) is 1.45. The van der Waals surface area contributed by atoms with Gasteiger partial charge in [-0.1, -0.05) is 25.1 Å². The number of amides is 1. The molecule has 0 aromatic heterocycles. The molecule has 0 radical (unpaired) electrons. The first-order valence-corrected chi connectivity index (χ1v) is 7.78. The lowest BCUT2D eigenvalue weighted by Gasteiger charge is -2.09. The van der Waals surface area contributed by atoms with Crippen LogP contribution in [0.1, 0.15) is 30.0 Å². The lowest BCUT2D eigenvalue weighted by atomic mass is 10.1. The van der Waals surface area contributed by atoms with E-state index in [4.69, 9.17) is 0 Å². The van der Waals surface area contributed by atoms with Gasteiger partial charge in [-0.3, -0.25) is 4.79 Å². The van der Waals surface area contributed by atoms with Gasteiger partial charge in [-0.15, -0.1) is 0 Å². The van der Waals surface area contributed by atoms with Crippen molar-refractivity contribution < 1.29 is 4.79 Å². The monoisotopic (exact) mass is 296 g/mol. The zero-order valence-electron chi connectivity index (χ0n) is 13.6. The molecule has 0 spiro atoms. The second kappa shape index (κ2) is 7.64. The van der Waals surface area contributed by atoms with Crippen molar-refractivity contribution in [3.8, 4) is 0 Å². The third-order valence-corrected chi connectivity index (χ3v) is 3.55. The van der Waals surface area contributed by atoms with Gasteiger partial charge in [-0.2, -0.15) is 0 Å². The smallest absolute Gasteiger partial charge is 0.226 e. The predicted octanol–water partition coefficient (Wildman–Crippen LogP) is 4.31. The van der Waals surface area contributed by atoms with E-state index in [2.05, 4.69) is 49.6 Å². The fraction of sp³-hybridized carbons (Fsp3) is 0.316. The van der Waals surface area contributed by atoms with E-state index in [0.717, 1.165) is 17.8 Å². The molecule has 0 unspecified atom stereocenters. The molecule has 1 amide bonds. The van der Waals surface area contributed by atoms with Crippen molar-refractivity contribution in [2.75, 3.05) is 17.2 Å². The maximum Gasteiger partial charge on any atom is 0.226 e.